The van der Waals surface area contributed by atoms with Crippen LogP contribution in [0.4, 0.5) is 0 Å². The molecule has 0 radical (unpaired) electrons. The largest absolute Gasteiger partial charge is 0.328 e. The molecule has 21 heavy (non-hydrogen) atoms. The molecule has 0 bridgehead atoms. The number of carbonyl (C=O) groups excluding carboxylic acids is 1. The predicted molar refractivity (Wildman–Crippen MR) is 79.9 cm³/mol. The number of benzene rings is 1. The molecule has 0 saturated carbocycles. The Morgan fingerprint density at radius 2 is 2.05 bits per heavy atom. The molecule has 0 aliphatic carbocycles. The molecule has 1 aliphatic rings. The Kier molecular flexibility index (Phi) is 3.92. The summed E-state index contributed by atoms with van der Waals surface area (Å²) in [6, 6.07) is 10.1. The van der Waals surface area contributed by atoms with Crippen molar-refractivity contribution in [3.63, 3.8) is 0 Å². The van der Waals surface area contributed by atoms with Crippen LogP contribution in [-0.2, 0) is 0 Å². The number of hydrogen-bond acceptors (Lipinski definition) is 4. The highest BCUT2D eigenvalue weighted by Crippen LogP contribution is 2.23. The molecule has 1 aliphatic heterocycles. The first kappa shape index (κ1) is 13.7. The maximum atomic E-state index is 12.7. The smallest absolute Gasteiger partial charge is 0.274 e. The second-order valence-electron chi connectivity index (χ2n) is 5.17. The van der Waals surface area contributed by atoms with E-state index >= 15 is 0 Å². The third-order valence-corrected chi connectivity index (χ3v) is 3.69. The topological polar surface area (TPSA) is 58.1 Å². The van der Waals surface area contributed by atoms with E-state index in [0.29, 0.717) is 12.2 Å². The zero-order valence-corrected chi connectivity index (χ0v) is 12.0. The van der Waals surface area contributed by atoms with Crippen LogP contribution in [0.25, 0.3) is 0 Å². The number of rotatable bonds is 2. The maximum Gasteiger partial charge on any atom is 0.274 e. The van der Waals surface area contributed by atoms with Gasteiger partial charge in [0, 0.05) is 25.8 Å². The molecule has 1 fully saturated rings. The first-order valence-corrected chi connectivity index (χ1v) is 7.11. The average molecular weight is 282 g/mol. The van der Waals surface area contributed by atoms with Crippen LogP contribution in [0, 0.1) is 6.92 Å². The third kappa shape index (κ3) is 2.92. The van der Waals surface area contributed by atoms with Crippen LogP contribution in [0.15, 0.2) is 42.7 Å². The number of aromatic nitrogens is 2. The summed E-state index contributed by atoms with van der Waals surface area (Å²) in [6.45, 7) is 4.09. The Balaban J connectivity index is 1.87. The lowest BCUT2D eigenvalue weighted by Crippen LogP contribution is -2.48. The number of nitrogens with one attached hydrogen (secondary N) is 1. The molecule has 2 aromatic rings. The monoisotopic (exact) mass is 282 g/mol. The third-order valence-electron chi connectivity index (χ3n) is 3.69. The molecular weight excluding hydrogens is 264 g/mol. The molecule has 108 valence electrons. The summed E-state index contributed by atoms with van der Waals surface area (Å²) in [7, 11) is 0. The summed E-state index contributed by atoms with van der Waals surface area (Å²) in [4.78, 5) is 22.9. The molecule has 1 aromatic carbocycles. The van der Waals surface area contributed by atoms with Crippen molar-refractivity contribution in [2.75, 3.05) is 19.6 Å². The van der Waals surface area contributed by atoms with Crippen molar-refractivity contribution in [3.8, 4) is 0 Å². The van der Waals surface area contributed by atoms with Gasteiger partial charge in [0.05, 0.1) is 17.9 Å². The van der Waals surface area contributed by atoms with Gasteiger partial charge in [-0.3, -0.25) is 9.78 Å². The molecule has 2 heterocycles. The van der Waals surface area contributed by atoms with Crippen LogP contribution < -0.4 is 5.32 Å². The van der Waals surface area contributed by atoms with Crippen LogP contribution >= 0.6 is 0 Å². The van der Waals surface area contributed by atoms with Gasteiger partial charge in [-0.1, -0.05) is 30.3 Å². The van der Waals surface area contributed by atoms with Crippen molar-refractivity contribution in [2.24, 2.45) is 0 Å². The van der Waals surface area contributed by atoms with E-state index in [1.54, 1.807) is 12.4 Å². The minimum absolute atomic E-state index is 0.0375. The minimum Gasteiger partial charge on any atom is -0.328 e. The van der Waals surface area contributed by atoms with Crippen molar-refractivity contribution in [1.29, 1.82) is 0 Å². The molecular formula is C16H18N4O. The standard InChI is InChI=1S/C16H18N4O/c1-12-9-19-14(10-18-12)16(21)20-8-7-17-11-15(20)13-5-3-2-4-6-13/h2-6,9-10,15,17H,7-8,11H2,1H3/t15-/m0/s1. The van der Waals surface area contributed by atoms with Gasteiger partial charge in [0.1, 0.15) is 5.69 Å². The lowest BCUT2D eigenvalue weighted by molar-refractivity contribution is 0.0627. The summed E-state index contributed by atoms with van der Waals surface area (Å²) >= 11 is 0. The lowest BCUT2D eigenvalue weighted by atomic mass is 10.0. The Bertz CT molecular complexity index is 612. The van der Waals surface area contributed by atoms with Gasteiger partial charge in [0.15, 0.2) is 0 Å². The molecule has 1 atom stereocenters. The summed E-state index contributed by atoms with van der Waals surface area (Å²) < 4.78 is 0. The summed E-state index contributed by atoms with van der Waals surface area (Å²) in [5, 5.41) is 3.35. The van der Waals surface area contributed by atoms with E-state index in [0.717, 1.165) is 24.3 Å². The van der Waals surface area contributed by atoms with E-state index < -0.39 is 0 Å². The first-order chi connectivity index (χ1) is 10.3. The summed E-state index contributed by atoms with van der Waals surface area (Å²) in [5.41, 5.74) is 2.35. The number of nitrogens with zero attached hydrogens (tertiary/aromatic N) is 3. The first-order valence-electron chi connectivity index (χ1n) is 7.11. The molecule has 0 unspecified atom stereocenters. The fourth-order valence-electron chi connectivity index (χ4n) is 2.57. The Hall–Kier alpha value is -2.27. The average Bonchev–Trinajstić information content (AvgIpc) is 2.56. The quantitative estimate of drug-likeness (QED) is 0.908. The van der Waals surface area contributed by atoms with Gasteiger partial charge >= 0.3 is 0 Å². The van der Waals surface area contributed by atoms with Crippen LogP contribution in [0.3, 0.4) is 0 Å². The Morgan fingerprint density at radius 3 is 2.76 bits per heavy atom. The second-order valence-corrected chi connectivity index (χ2v) is 5.17. The van der Waals surface area contributed by atoms with Gasteiger partial charge < -0.3 is 10.2 Å². The number of aryl methyl sites for hydroxylation is 1. The van der Waals surface area contributed by atoms with E-state index in [1.807, 2.05) is 30.0 Å². The predicted octanol–water partition coefficient (Wildman–Crippen LogP) is 1.57. The maximum absolute atomic E-state index is 12.7. The number of amides is 1. The Morgan fingerprint density at radius 1 is 1.24 bits per heavy atom. The molecule has 1 amide bonds. The highest BCUT2D eigenvalue weighted by atomic mass is 16.2. The van der Waals surface area contributed by atoms with Gasteiger partial charge in [-0.25, -0.2) is 4.98 Å². The van der Waals surface area contributed by atoms with E-state index in [-0.39, 0.29) is 11.9 Å². The van der Waals surface area contributed by atoms with Crippen molar-refractivity contribution in [1.82, 2.24) is 20.2 Å². The molecule has 0 spiro atoms. The number of carbonyl (C=O) groups is 1. The van der Waals surface area contributed by atoms with Gasteiger partial charge in [-0.05, 0) is 12.5 Å². The van der Waals surface area contributed by atoms with Crippen molar-refractivity contribution in [2.45, 2.75) is 13.0 Å². The zero-order chi connectivity index (χ0) is 14.7. The summed E-state index contributed by atoms with van der Waals surface area (Å²) in [6.07, 6.45) is 3.19. The molecule has 1 aromatic heterocycles. The molecule has 1 N–H and O–H groups in total. The highest BCUT2D eigenvalue weighted by Gasteiger charge is 2.29. The van der Waals surface area contributed by atoms with E-state index in [9.17, 15) is 4.79 Å². The number of piperazine rings is 1. The fraction of sp³-hybridized carbons (Fsp3) is 0.312. The molecule has 5 nitrogen and oxygen atoms in total. The normalized spacial score (nSPS) is 18.5. The van der Waals surface area contributed by atoms with E-state index in [2.05, 4.69) is 27.4 Å². The van der Waals surface area contributed by atoms with Gasteiger partial charge in [-0.15, -0.1) is 0 Å². The second kappa shape index (κ2) is 6.01. The van der Waals surface area contributed by atoms with E-state index in [1.165, 1.54) is 0 Å². The Labute approximate surface area is 124 Å². The number of hydrogen-bond donors (Lipinski definition) is 1. The summed E-state index contributed by atoms with van der Waals surface area (Å²) in [5.74, 6) is -0.0575. The highest BCUT2D eigenvalue weighted by molar-refractivity contribution is 5.92. The zero-order valence-electron chi connectivity index (χ0n) is 12.0. The van der Waals surface area contributed by atoms with E-state index in [4.69, 9.17) is 0 Å². The fourth-order valence-corrected chi connectivity index (χ4v) is 2.57. The minimum atomic E-state index is -0.0575. The van der Waals surface area contributed by atoms with Gasteiger partial charge in [0.2, 0.25) is 0 Å². The SMILES string of the molecule is Cc1cnc(C(=O)N2CCNC[C@H]2c2ccccc2)cn1. The molecule has 5 heteroatoms. The van der Waals surface area contributed by atoms with Gasteiger partial charge in [-0.2, -0.15) is 0 Å². The molecule has 3 rings (SSSR count). The van der Waals surface area contributed by atoms with Crippen LogP contribution in [0.5, 0.6) is 0 Å². The lowest BCUT2D eigenvalue weighted by Gasteiger charge is -2.36. The van der Waals surface area contributed by atoms with Crippen LogP contribution in [0.1, 0.15) is 27.8 Å². The van der Waals surface area contributed by atoms with Crippen molar-refractivity contribution < 1.29 is 4.79 Å². The van der Waals surface area contributed by atoms with Crippen molar-refractivity contribution in [3.05, 3.63) is 59.7 Å². The van der Waals surface area contributed by atoms with Crippen LogP contribution in [0.2, 0.25) is 0 Å². The van der Waals surface area contributed by atoms with Gasteiger partial charge in [0.25, 0.3) is 5.91 Å². The molecule has 1 saturated heterocycles. The van der Waals surface area contributed by atoms with Crippen LogP contribution in [-0.4, -0.2) is 40.4 Å². The van der Waals surface area contributed by atoms with Crippen molar-refractivity contribution >= 4 is 5.91 Å².